The number of hydrogen-bond donors (Lipinski definition) is 1. The topological polar surface area (TPSA) is 29.1 Å². The molecule has 0 bridgehead atoms. The van der Waals surface area contributed by atoms with Gasteiger partial charge in [-0.2, -0.15) is 0 Å². The molecule has 88 valence electrons. The Morgan fingerprint density at radius 1 is 1.38 bits per heavy atom. The predicted octanol–water partition coefficient (Wildman–Crippen LogP) is 2.32. The summed E-state index contributed by atoms with van der Waals surface area (Å²) in [7, 11) is 1.16. The molecule has 3 heteroatoms. The van der Waals surface area contributed by atoms with Gasteiger partial charge in [0.15, 0.2) is 0 Å². The fraction of sp³-hybridized carbons (Fsp3) is 0.538. The number of aryl methyl sites for hydroxylation is 2. The van der Waals surface area contributed by atoms with E-state index in [1.165, 1.54) is 16.7 Å². The van der Waals surface area contributed by atoms with Crippen LogP contribution in [-0.2, 0) is 10.8 Å². The van der Waals surface area contributed by atoms with Crippen molar-refractivity contribution in [2.45, 2.75) is 31.7 Å². The van der Waals surface area contributed by atoms with E-state index < -0.39 is 10.8 Å². The van der Waals surface area contributed by atoms with Gasteiger partial charge in [0.05, 0.1) is 10.8 Å². The zero-order valence-corrected chi connectivity index (χ0v) is 11.1. The Kier molecular flexibility index (Phi) is 3.17. The summed E-state index contributed by atoms with van der Waals surface area (Å²) < 4.78 is 12.2. The zero-order chi connectivity index (χ0) is 11.9. The summed E-state index contributed by atoms with van der Waals surface area (Å²) in [6.45, 7) is 6.33. The van der Waals surface area contributed by atoms with E-state index >= 15 is 0 Å². The van der Waals surface area contributed by atoms with Crippen LogP contribution in [0, 0.1) is 19.8 Å². The van der Waals surface area contributed by atoms with Gasteiger partial charge in [-0.3, -0.25) is 4.21 Å². The average molecular weight is 237 g/mol. The number of rotatable bonds is 1. The molecule has 1 aromatic carbocycles. The molecule has 0 saturated carbocycles. The van der Waals surface area contributed by atoms with Gasteiger partial charge in [-0.05, 0) is 37.9 Å². The minimum atomic E-state index is -0.827. The van der Waals surface area contributed by atoms with Crippen molar-refractivity contribution in [1.29, 1.82) is 0 Å². The molecule has 1 aliphatic heterocycles. The van der Waals surface area contributed by atoms with Gasteiger partial charge in [0.2, 0.25) is 0 Å². The van der Waals surface area contributed by atoms with Crippen LogP contribution in [0.2, 0.25) is 0 Å². The van der Waals surface area contributed by atoms with Gasteiger partial charge < -0.3 is 5.32 Å². The smallest absolute Gasteiger partial charge is 0.0539 e. The summed E-state index contributed by atoms with van der Waals surface area (Å²) in [5, 5.41) is 3.35. The van der Waals surface area contributed by atoms with Crippen molar-refractivity contribution in [2.75, 3.05) is 12.8 Å². The van der Waals surface area contributed by atoms with Crippen LogP contribution in [0.5, 0.6) is 0 Å². The second kappa shape index (κ2) is 4.30. The third kappa shape index (κ3) is 1.82. The summed E-state index contributed by atoms with van der Waals surface area (Å²) in [6, 6.07) is 4.64. The van der Waals surface area contributed by atoms with E-state index in [9.17, 15) is 4.21 Å². The first-order chi connectivity index (χ1) is 7.54. The van der Waals surface area contributed by atoms with Gasteiger partial charge >= 0.3 is 0 Å². The van der Waals surface area contributed by atoms with Gasteiger partial charge in [0.1, 0.15) is 0 Å². The van der Waals surface area contributed by atoms with Crippen molar-refractivity contribution in [2.24, 2.45) is 5.92 Å². The minimum absolute atomic E-state index is 0.339. The van der Waals surface area contributed by atoms with E-state index in [1.807, 2.05) is 7.05 Å². The van der Waals surface area contributed by atoms with Crippen LogP contribution in [-0.4, -0.2) is 17.0 Å². The van der Waals surface area contributed by atoms with Crippen LogP contribution in [0.4, 0.5) is 0 Å². The molecule has 0 fully saturated rings. The molecular formula is C13H19NOS. The summed E-state index contributed by atoms with van der Waals surface area (Å²) in [4.78, 5) is 1.06. The lowest BCUT2D eigenvalue weighted by atomic mass is 9.93. The first-order valence-corrected chi connectivity index (χ1v) is 7.03. The number of fused-ring (bicyclic) bond motifs is 1. The lowest BCUT2D eigenvalue weighted by molar-refractivity contribution is 0.430. The van der Waals surface area contributed by atoms with E-state index in [0.717, 1.165) is 10.6 Å². The first kappa shape index (κ1) is 11.8. The van der Waals surface area contributed by atoms with Crippen molar-refractivity contribution >= 4 is 10.8 Å². The van der Waals surface area contributed by atoms with Crippen molar-refractivity contribution in [3.8, 4) is 0 Å². The normalized spacial score (nSPS) is 28.9. The Morgan fingerprint density at radius 2 is 2.06 bits per heavy atom. The van der Waals surface area contributed by atoms with Gasteiger partial charge in [0.25, 0.3) is 0 Å². The second-order valence-electron chi connectivity index (χ2n) is 4.76. The maximum Gasteiger partial charge on any atom is 0.0539 e. The Hall–Kier alpha value is -0.670. The summed E-state index contributed by atoms with van der Waals surface area (Å²) >= 11 is 0. The molecule has 0 aromatic heterocycles. The number of hydrogen-bond acceptors (Lipinski definition) is 2. The van der Waals surface area contributed by atoms with Gasteiger partial charge in [0, 0.05) is 16.7 Å². The zero-order valence-electron chi connectivity index (χ0n) is 10.3. The molecule has 3 unspecified atom stereocenters. The molecule has 2 rings (SSSR count). The Labute approximate surface area is 99.9 Å². The highest BCUT2D eigenvalue weighted by Gasteiger charge is 2.30. The number of nitrogens with one attached hydrogen (secondary N) is 1. The third-order valence-corrected chi connectivity index (χ3v) is 5.15. The maximum absolute atomic E-state index is 12.2. The minimum Gasteiger partial charge on any atom is -0.313 e. The van der Waals surface area contributed by atoms with Crippen LogP contribution in [0.1, 0.15) is 29.7 Å². The largest absolute Gasteiger partial charge is 0.313 e. The Bertz CT molecular complexity index is 442. The highest BCUT2D eigenvalue weighted by molar-refractivity contribution is 7.85. The molecule has 3 atom stereocenters. The predicted molar refractivity (Wildman–Crippen MR) is 68.2 cm³/mol. The van der Waals surface area contributed by atoms with Crippen LogP contribution in [0.15, 0.2) is 17.0 Å². The fourth-order valence-electron chi connectivity index (χ4n) is 2.69. The van der Waals surface area contributed by atoms with Crippen LogP contribution < -0.4 is 5.32 Å². The highest BCUT2D eigenvalue weighted by Crippen LogP contribution is 2.36. The lowest BCUT2D eigenvalue weighted by Crippen LogP contribution is -2.32. The first-order valence-electron chi connectivity index (χ1n) is 5.71. The molecule has 1 N–H and O–H groups in total. The average Bonchev–Trinajstić information content (AvgIpc) is 2.15. The second-order valence-corrected chi connectivity index (χ2v) is 6.19. The number of benzene rings is 1. The van der Waals surface area contributed by atoms with Gasteiger partial charge in [-0.1, -0.05) is 24.6 Å². The maximum atomic E-state index is 12.2. The van der Waals surface area contributed by atoms with Crippen LogP contribution >= 0.6 is 0 Å². The quantitative estimate of drug-likeness (QED) is 0.812. The van der Waals surface area contributed by atoms with E-state index in [4.69, 9.17) is 0 Å². The molecule has 1 aliphatic rings. The van der Waals surface area contributed by atoms with Crippen LogP contribution in [0.25, 0.3) is 0 Å². The van der Waals surface area contributed by atoms with Crippen molar-refractivity contribution in [1.82, 2.24) is 5.32 Å². The van der Waals surface area contributed by atoms with Gasteiger partial charge in [-0.25, -0.2) is 0 Å². The summed E-state index contributed by atoms with van der Waals surface area (Å²) in [5.74, 6) is 1.20. The van der Waals surface area contributed by atoms with Crippen molar-refractivity contribution < 1.29 is 4.21 Å². The molecule has 0 spiro atoms. The molecule has 16 heavy (non-hydrogen) atoms. The van der Waals surface area contributed by atoms with Crippen molar-refractivity contribution in [3.05, 3.63) is 28.8 Å². The van der Waals surface area contributed by atoms with E-state index in [2.05, 4.69) is 38.2 Å². The third-order valence-electron chi connectivity index (χ3n) is 3.30. The molecule has 0 saturated heterocycles. The summed E-state index contributed by atoms with van der Waals surface area (Å²) in [5.41, 5.74) is 3.65. The molecule has 0 aliphatic carbocycles. The molecule has 0 radical (unpaired) electrons. The summed E-state index contributed by atoms with van der Waals surface area (Å²) in [6.07, 6.45) is 0. The monoisotopic (exact) mass is 237 g/mol. The standard InChI is InChI=1S/C13H19NOS/c1-8-5-9(2)13-11(6-8)12(14-4)10(3)7-16(13)15/h5-6,10,12,14H,7H2,1-4H3. The Morgan fingerprint density at radius 3 is 2.69 bits per heavy atom. The lowest BCUT2D eigenvalue weighted by Gasteiger charge is -2.31. The van der Waals surface area contributed by atoms with E-state index in [1.54, 1.807) is 0 Å². The SMILES string of the molecule is CNC1c2cc(C)cc(C)c2S(=O)CC1C. The Balaban J connectivity index is 2.63. The van der Waals surface area contributed by atoms with E-state index in [-0.39, 0.29) is 0 Å². The molecule has 2 nitrogen and oxygen atoms in total. The van der Waals surface area contributed by atoms with Crippen LogP contribution in [0.3, 0.4) is 0 Å². The molecular weight excluding hydrogens is 218 g/mol. The molecule has 1 aromatic rings. The van der Waals surface area contributed by atoms with Crippen molar-refractivity contribution in [3.63, 3.8) is 0 Å². The fourth-order valence-corrected chi connectivity index (χ4v) is 4.40. The van der Waals surface area contributed by atoms with E-state index in [0.29, 0.717) is 12.0 Å². The highest BCUT2D eigenvalue weighted by atomic mass is 32.2. The van der Waals surface area contributed by atoms with Gasteiger partial charge in [-0.15, -0.1) is 0 Å². The molecule has 1 heterocycles. The molecule has 0 amide bonds.